The van der Waals surface area contributed by atoms with Gasteiger partial charge in [0, 0.05) is 5.41 Å². The molecule has 0 unspecified atom stereocenters. The monoisotopic (exact) mass is 214 g/mol. The van der Waals surface area contributed by atoms with Crippen molar-refractivity contribution in [3.8, 4) is 0 Å². The van der Waals surface area contributed by atoms with E-state index in [1.807, 2.05) is 0 Å². The second-order valence-electron chi connectivity index (χ2n) is 4.00. The molecule has 0 aromatic rings. The fourth-order valence-corrected chi connectivity index (χ4v) is 2.37. The first-order valence-corrected chi connectivity index (χ1v) is 3.73. The highest BCUT2D eigenvalue weighted by atomic mass is 35.5. The fraction of sp³-hybridized carbons (Fsp3) is 0.857. The second-order valence-corrected chi connectivity index (χ2v) is 4.00. The van der Waals surface area contributed by atoms with Gasteiger partial charge in [-0.1, -0.05) is 0 Å². The summed E-state index contributed by atoms with van der Waals surface area (Å²) in [7, 11) is 0. The number of nitrogens with two attached hydrogens (primary N) is 1. The van der Waals surface area contributed by atoms with E-state index < -0.39 is 17.0 Å². The molecule has 6 heteroatoms. The van der Waals surface area contributed by atoms with E-state index in [-0.39, 0.29) is 37.5 Å². The van der Waals surface area contributed by atoms with Crippen LogP contribution in [-0.4, -0.2) is 12.0 Å². The lowest BCUT2D eigenvalue weighted by molar-refractivity contribution is -0.343. The molecule has 3 N–H and O–H groups in total. The first-order valence-electron chi connectivity index (χ1n) is 3.73. The molecule has 3 rings (SSSR count). The highest BCUT2D eigenvalue weighted by molar-refractivity contribution is 5.87. The summed E-state index contributed by atoms with van der Waals surface area (Å²) in [4.78, 5) is 0. The molecule has 0 aromatic heterocycles. The minimum Gasteiger partial charge on any atom is -0.387 e. The van der Waals surface area contributed by atoms with Crippen LogP contribution in [0.15, 0.2) is 0 Å². The third kappa shape index (κ3) is 0.994. The molecule has 0 radical (unpaired) electrons. The number of halogens is 4. The van der Waals surface area contributed by atoms with E-state index in [4.69, 9.17) is 11.1 Å². The van der Waals surface area contributed by atoms with Gasteiger partial charge in [-0.15, -0.1) is 12.4 Å². The predicted octanol–water partition coefficient (Wildman–Crippen LogP) is 2.08. The summed E-state index contributed by atoms with van der Waals surface area (Å²) in [5, 5.41) is 7.09. The molecule has 0 saturated heterocycles. The maximum Gasteiger partial charge on any atom is 0.394 e. The minimum absolute atomic E-state index is 0. The largest absolute Gasteiger partial charge is 0.394 e. The lowest BCUT2D eigenvalue weighted by atomic mass is 9.34. The van der Waals surface area contributed by atoms with Crippen LogP contribution in [0.4, 0.5) is 13.2 Å². The van der Waals surface area contributed by atoms with Crippen LogP contribution in [0.25, 0.3) is 0 Å². The molecule has 3 aliphatic carbocycles. The third-order valence-electron chi connectivity index (χ3n) is 3.20. The van der Waals surface area contributed by atoms with Gasteiger partial charge in [0.25, 0.3) is 0 Å². The van der Waals surface area contributed by atoms with E-state index in [0.29, 0.717) is 0 Å². The van der Waals surface area contributed by atoms with Crippen molar-refractivity contribution >= 4 is 18.2 Å². The average molecular weight is 215 g/mol. The van der Waals surface area contributed by atoms with Gasteiger partial charge < -0.3 is 5.73 Å². The number of nitrogens with one attached hydrogen (secondary N) is 1. The van der Waals surface area contributed by atoms with Crippen molar-refractivity contribution in [3.63, 3.8) is 0 Å². The highest BCUT2D eigenvalue weighted by Gasteiger charge is 2.79. The number of amidine groups is 1. The molecular weight excluding hydrogens is 205 g/mol. The first-order chi connectivity index (χ1) is 5.31. The summed E-state index contributed by atoms with van der Waals surface area (Å²) in [6, 6.07) is 0. The molecule has 0 heterocycles. The summed E-state index contributed by atoms with van der Waals surface area (Å²) < 4.78 is 36.7. The Labute approximate surface area is 79.6 Å². The quantitative estimate of drug-likeness (QED) is 0.510. The standard InChI is InChI=1S/C7H9F3N2.ClH/c8-7(9,10)6-1-5(2-6,3-6)4(11)12;/h1-3H2,(H3,11,12);1H. The molecule has 0 spiro atoms. The number of hydrogen-bond donors (Lipinski definition) is 2. The van der Waals surface area contributed by atoms with Crippen LogP contribution in [-0.2, 0) is 0 Å². The van der Waals surface area contributed by atoms with Crippen LogP contribution in [0.1, 0.15) is 19.3 Å². The number of alkyl halides is 3. The summed E-state index contributed by atoms with van der Waals surface area (Å²) in [6.07, 6.45) is -3.97. The van der Waals surface area contributed by atoms with Gasteiger partial charge in [0.05, 0.1) is 11.3 Å². The average Bonchev–Trinajstić information content (AvgIpc) is 1.46. The zero-order valence-electron chi connectivity index (χ0n) is 6.74. The van der Waals surface area contributed by atoms with Crippen molar-refractivity contribution in [2.45, 2.75) is 25.4 Å². The zero-order valence-corrected chi connectivity index (χ0v) is 7.56. The molecule has 0 aliphatic heterocycles. The molecule has 2 bridgehead atoms. The normalized spacial score (nSPS) is 41.2. The van der Waals surface area contributed by atoms with Gasteiger partial charge in [0.15, 0.2) is 0 Å². The Bertz CT molecular complexity index is 241. The molecule has 3 aliphatic rings. The number of hydrogen-bond acceptors (Lipinski definition) is 1. The van der Waals surface area contributed by atoms with Crippen molar-refractivity contribution in [2.75, 3.05) is 0 Å². The van der Waals surface area contributed by atoms with Crippen LogP contribution >= 0.6 is 12.4 Å². The van der Waals surface area contributed by atoms with Crippen LogP contribution in [0.2, 0.25) is 0 Å². The molecule has 3 saturated carbocycles. The van der Waals surface area contributed by atoms with Crippen molar-refractivity contribution in [1.82, 2.24) is 0 Å². The van der Waals surface area contributed by atoms with E-state index in [1.54, 1.807) is 0 Å². The van der Waals surface area contributed by atoms with E-state index in [2.05, 4.69) is 0 Å². The van der Waals surface area contributed by atoms with Crippen LogP contribution in [0.3, 0.4) is 0 Å². The Morgan fingerprint density at radius 3 is 1.85 bits per heavy atom. The molecule has 0 amide bonds. The van der Waals surface area contributed by atoms with E-state index in [1.165, 1.54) is 0 Å². The van der Waals surface area contributed by atoms with Crippen molar-refractivity contribution < 1.29 is 13.2 Å². The van der Waals surface area contributed by atoms with Crippen LogP contribution < -0.4 is 5.73 Å². The van der Waals surface area contributed by atoms with Crippen molar-refractivity contribution in [3.05, 3.63) is 0 Å². The molecule has 76 valence electrons. The molecule has 13 heavy (non-hydrogen) atoms. The lowest BCUT2D eigenvalue weighted by Gasteiger charge is -2.69. The first kappa shape index (κ1) is 10.6. The van der Waals surface area contributed by atoms with Gasteiger partial charge in [-0.2, -0.15) is 13.2 Å². The van der Waals surface area contributed by atoms with E-state index >= 15 is 0 Å². The second kappa shape index (κ2) is 2.32. The maximum atomic E-state index is 12.2. The van der Waals surface area contributed by atoms with Gasteiger partial charge in [0.2, 0.25) is 0 Å². The molecule has 0 aromatic carbocycles. The van der Waals surface area contributed by atoms with Crippen molar-refractivity contribution in [1.29, 1.82) is 5.41 Å². The van der Waals surface area contributed by atoms with Gasteiger partial charge in [-0.3, -0.25) is 5.41 Å². The van der Waals surface area contributed by atoms with Crippen molar-refractivity contribution in [2.24, 2.45) is 16.6 Å². The van der Waals surface area contributed by atoms with Crippen LogP contribution in [0.5, 0.6) is 0 Å². The Kier molecular flexibility index (Phi) is 1.90. The Morgan fingerprint density at radius 1 is 1.23 bits per heavy atom. The molecule has 2 nitrogen and oxygen atoms in total. The maximum absolute atomic E-state index is 12.2. The zero-order chi connectivity index (χ0) is 9.20. The smallest absolute Gasteiger partial charge is 0.387 e. The molecular formula is C7H10ClF3N2. The topological polar surface area (TPSA) is 49.9 Å². The highest BCUT2D eigenvalue weighted by Crippen LogP contribution is 2.78. The van der Waals surface area contributed by atoms with Gasteiger partial charge in [-0.25, -0.2) is 0 Å². The summed E-state index contributed by atoms with van der Waals surface area (Å²) in [6.45, 7) is 0. The Hall–Kier alpha value is -0.450. The predicted molar refractivity (Wildman–Crippen MR) is 43.9 cm³/mol. The Morgan fingerprint density at radius 2 is 1.62 bits per heavy atom. The minimum atomic E-state index is -4.09. The van der Waals surface area contributed by atoms with Gasteiger partial charge >= 0.3 is 6.18 Å². The SMILES string of the molecule is Cl.N=C(N)C12CC(C(F)(F)F)(C1)C2. The van der Waals surface area contributed by atoms with Gasteiger partial charge in [0.1, 0.15) is 0 Å². The molecule has 3 fully saturated rings. The van der Waals surface area contributed by atoms with Gasteiger partial charge in [-0.05, 0) is 19.3 Å². The third-order valence-corrected chi connectivity index (χ3v) is 3.20. The summed E-state index contributed by atoms with van der Waals surface area (Å²) >= 11 is 0. The summed E-state index contributed by atoms with van der Waals surface area (Å²) in [5.41, 5.74) is 3.14. The fourth-order valence-electron chi connectivity index (χ4n) is 2.37. The lowest BCUT2D eigenvalue weighted by Crippen LogP contribution is -2.72. The van der Waals surface area contributed by atoms with Crippen LogP contribution in [0, 0.1) is 16.2 Å². The Balaban J connectivity index is 0.000000845. The number of rotatable bonds is 1. The van der Waals surface area contributed by atoms with E-state index in [9.17, 15) is 13.2 Å². The summed E-state index contributed by atoms with van der Waals surface area (Å²) in [5.74, 6) is -0.0753. The molecule has 0 atom stereocenters. The van der Waals surface area contributed by atoms with E-state index in [0.717, 1.165) is 0 Å².